The van der Waals surface area contributed by atoms with Crippen LogP contribution in [0.15, 0.2) is 65.1 Å². The van der Waals surface area contributed by atoms with Crippen molar-refractivity contribution in [2.24, 2.45) is 0 Å². The SMILES string of the molecule is CC1(C)c2cc(C#N)ccc2-c2cccc3c(Br)c4ccccc4c1c23. The van der Waals surface area contributed by atoms with Crippen molar-refractivity contribution in [3.63, 3.8) is 0 Å². The molecule has 5 rings (SSSR count). The lowest BCUT2D eigenvalue weighted by Crippen LogP contribution is -2.24. The van der Waals surface area contributed by atoms with E-state index in [0.29, 0.717) is 5.56 Å². The van der Waals surface area contributed by atoms with E-state index in [2.05, 4.69) is 90.4 Å². The molecule has 0 aromatic heterocycles. The Bertz CT molecular complexity index is 1280. The van der Waals surface area contributed by atoms with E-state index < -0.39 is 0 Å². The quantitative estimate of drug-likeness (QED) is 0.295. The Hall–Kier alpha value is -2.63. The molecule has 4 aromatic carbocycles. The third-order valence-electron chi connectivity index (χ3n) is 5.72. The predicted octanol–water partition coefficient (Wildman–Crippen LogP) is 6.93. The first-order valence-electron chi connectivity index (χ1n) is 8.72. The third-order valence-corrected chi connectivity index (χ3v) is 6.58. The van der Waals surface area contributed by atoms with Gasteiger partial charge < -0.3 is 0 Å². The molecule has 1 aliphatic carbocycles. The van der Waals surface area contributed by atoms with Crippen LogP contribution >= 0.6 is 15.9 Å². The fourth-order valence-corrected chi connectivity index (χ4v) is 5.23. The zero-order valence-electron chi connectivity index (χ0n) is 14.6. The van der Waals surface area contributed by atoms with Gasteiger partial charge in [-0.25, -0.2) is 0 Å². The number of fused-ring (bicyclic) bond motifs is 4. The van der Waals surface area contributed by atoms with Gasteiger partial charge in [-0.2, -0.15) is 5.26 Å². The van der Waals surface area contributed by atoms with Crippen LogP contribution in [0.1, 0.15) is 30.5 Å². The highest BCUT2D eigenvalue weighted by molar-refractivity contribution is 9.10. The van der Waals surface area contributed by atoms with Gasteiger partial charge in [0, 0.05) is 9.89 Å². The van der Waals surface area contributed by atoms with Gasteiger partial charge in [0.15, 0.2) is 0 Å². The number of benzene rings is 4. The highest BCUT2D eigenvalue weighted by atomic mass is 79.9. The molecule has 0 heterocycles. The summed E-state index contributed by atoms with van der Waals surface area (Å²) in [6.45, 7) is 4.55. The smallest absolute Gasteiger partial charge is 0.0991 e. The first-order valence-corrected chi connectivity index (χ1v) is 9.51. The zero-order valence-corrected chi connectivity index (χ0v) is 16.2. The standard InChI is InChI=1S/C24H16BrN/c1-24(2)20-12-14(13-26)10-11-15(20)16-8-5-9-19-21(16)22(24)17-6-3-4-7-18(17)23(19)25/h3-12H,1-2H3. The molecule has 124 valence electrons. The molecule has 0 N–H and O–H groups in total. The van der Waals surface area contributed by atoms with Gasteiger partial charge in [-0.15, -0.1) is 0 Å². The van der Waals surface area contributed by atoms with Crippen molar-refractivity contribution in [2.75, 3.05) is 0 Å². The Balaban J connectivity index is 2.10. The fraction of sp³-hybridized carbons (Fsp3) is 0.125. The lowest BCUT2D eigenvalue weighted by molar-refractivity contribution is 0.651. The van der Waals surface area contributed by atoms with E-state index in [9.17, 15) is 5.26 Å². The summed E-state index contributed by atoms with van der Waals surface area (Å²) in [5, 5.41) is 14.5. The molecule has 1 nitrogen and oxygen atoms in total. The van der Waals surface area contributed by atoms with E-state index >= 15 is 0 Å². The Morgan fingerprint density at radius 1 is 0.846 bits per heavy atom. The van der Waals surface area contributed by atoms with Crippen LogP contribution in [0.4, 0.5) is 0 Å². The van der Waals surface area contributed by atoms with Crippen LogP contribution < -0.4 is 0 Å². The molecule has 4 aromatic rings. The average molecular weight is 398 g/mol. The summed E-state index contributed by atoms with van der Waals surface area (Å²) in [4.78, 5) is 0. The monoisotopic (exact) mass is 397 g/mol. The molecule has 2 heteroatoms. The van der Waals surface area contributed by atoms with E-state index in [4.69, 9.17) is 0 Å². The second-order valence-electron chi connectivity index (χ2n) is 7.46. The molecular weight excluding hydrogens is 382 g/mol. The maximum Gasteiger partial charge on any atom is 0.0991 e. The lowest BCUT2D eigenvalue weighted by Gasteiger charge is -2.36. The minimum atomic E-state index is -0.185. The van der Waals surface area contributed by atoms with Crippen molar-refractivity contribution in [3.8, 4) is 17.2 Å². The number of nitrogens with zero attached hydrogens (tertiary/aromatic N) is 1. The lowest BCUT2D eigenvalue weighted by atomic mass is 9.67. The summed E-state index contributed by atoms with van der Waals surface area (Å²) >= 11 is 3.86. The summed E-state index contributed by atoms with van der Waals surface area (Å²) < 4.78 is 1.15. The summed E-state index contributed by atoms with van der Waals surface area (Å²) in [5.41, 5.74) is 5.59. The van der Waals surface area contributed by atoms with Crippen molar-refractivity contribution in [1.29, 1.82) is 5.26 Å². The van der Waals surface area contributed by atoms with Crippen LogP contribution in [-0.2, 0) is 5.41 Å². The van der Waals surface area contributed by atoms with Gasteiger partial charge in [0.1, 0.15) is 0 Å². The Kier molecular flexibility index (Phi) is 3.12. The van der Waals surface area contributed by atoms with Crippen molar-refractivity contribution < 1.29 is 0 Å². The fourth-order valence-electron chi connectivity index (χ4n) is 4.55. The summed E-state index contributed by atoms with van der Waals surface area (Å²) in [5.74, 6) is 0. The minimum Gasteiger partial charge on any atom is -0.192 e. The molecule has 26 heavy (non-hydrogen) atoms. The second-order valence-corrected chi connectivity index (χ2v) is 8.25. The van der Waals surface area contributed by atoms with E-state index in [1.807, 2.05) is 6.07 Å². The van der Waals surface area contributed by atoms with Gasteiger partial charge in [-0.1, -0.05) is 62.4 Å². The van der Waals surface area contributed by atoms with E-state index in [-0.39, 0.29) is 5.41 Å². The second kappa shape index (κ2) is 5.19. The largest absolute Gasteiger partial charge is 0.192 e. The number of hydrogen-bond donors (Lipinski definition) is 0. The van der Waals surface area contributed by atoms with Crippen molar-refractivity contribution in [3.05, 3.63) is 81.8 Å². The van der Waals surface area contributed by atoms with Crippen LogP contribution in [0.5, 0.6) is 0 Å². The highest BCUT2D eigenvalue weighted by Crippen LogP contribution is 2.52. The van der Waals surface area contributed by atoms with Crippen LogP contribution in [0.3, 0.4) is 0 Å². The predicted molar refractivity (Wildman–Crippen MR) is 111 cm³/mol. The normalized spacial score (nSPS) is 14.2. The number of rotatable bonds is 0. The molecule has 0 saturated carbocycles. The highest BCUT2D eigenvalue weighted by Gasteiger charge is 2.35. The van der Waals surface area contributed by atoms with Crippen molar-refractivity contribution in [1.82, 2.24) is 0 Å². The van der Waals surface area contributed by atoms with Gasteiger partial charge in [0.05, 0.1) is 11.6 Å². The van der Waals surface area contributed by atoms with Gasteiger partial charge in [-0.3, -0.25) is 0 Å². The maximum atomic E-state index is 9.41. The van der Waals surface area contributed by atoms with Gasteiger partial charge in [0.25, 0.3) is 0 Å². The molecule has 0 spiro atoms. The first-order chi connectivity index (χ1) is 12.5. The maximum absolute atomic E-state index is 9.41. The van der Waals surface area contributed by atoms with E-state index in [1.165, 1.54) is 43.8 Å². The summed E-state index contributed by atoms with van der Waals surface area (Å²) in [6, 6.07) is 23.5. The molecule has 0 saturated heterocycles. The van der Waals surface area contributed by atoms with Crippen LogP contribution in [0.2, 0.25) is 0 Å². The Morgan fingerprint density at radius 2 is 1.58 bits per heavy atom. The molecule has 0 aliphatic heterocycles. The van der Waals surface area contributed by atoms with Crippen molar-refractivity contribution in [2.45, 2.75) is 19.3 Å². The summed E-state index contributed by atoms with van der Waals surface area (Å²) in [6.07, 6.45) is 0. The topological polar surface area (TPSA) is 23.8 Å². The van der Waals surface area contributed by atoms with Crippen LogP contribution in [0, 0.1) is 11.3 Å². The van der Waals surface area contributed by atoms with Gasteiger partial charge in [0.2, 0.25) is 0 Å². The summed E-state index contributed by atoms with van der Waals surface area (Å²) in [7, 11) is 0. The third kappa shape index (κ3) is 1.84. The average Bonchev–Trinajstić information content (AvgIpc) is 2.67. The van der Waals surface area contributed by atoms with Crippen LogP contribution in [-0.4, -0.2) is 0 Å². The molecule has 0 unspecified atom stereocenters. The molecule has 0 fully saturated rings. The van der Waals surface area contributed by atoms with E-state index in [1.54, 1.807) is 0 Å². The molecule has 1 aliphatic rings. The Labute approximate surface area is 161 Å². The van der Waals surface area contributed by atoms with Gasteiger partial charge in [-0.05, 0) is 71.9 Å². The molecule has 0 bridgehead atoms. The number of halogens is 1. The Morgan fingerprint density at radius 3 is 2.35 bits per heavy atom. The molecule has 0 amide bonds. The number of hydrogen-bond acceptors (Lipinski definition) is 1. The minimum absolute atomic E-state index is 0.185. The first kappa shape index (κ1) is 15.6. The zero-order chi connectivity index (χ0) is 18.1. The van der Waals surface area contributed by atoms with Gasteiger partial charge >= 0.3 is 0 Å². The molecular formula is C24H16BrN. The van der Waals surface area contributed by atoms with Crippen molar-refractivity contribution >= 4 is 37.5 Å². The van der Waals surface area contributed by atoms with E-state index in [0.717, 1.165) is 4.47 Å². The molecule has 0 radical (unpaired) electrons. The van der Waals surface area contributed by atoms with Crippen LogP contribution in [0.25, 0.3) is 32.7 Å². The number of nitriles is 1. The molecule has 0 atom stereocenters.